The van der Waals surface area contributed by atoms with Gasteiger partial charge < -0.3 is 10.3 Å². The Balaban J connectivity index is 1.44. The number of hydrogen-bond acceptors (Lipinski definition) is 4. The predicted molar refractivity (Wildman–Crippen MR) is 69.3 cm³/mol. The van der Waals surface area contributed by atoms with Crippen LogP contribution in [0.5, 0.6) is 0 Å². The van der Waals surface area contributed by atoms with Crippen LogP contribution in [0.25, 0.3) is 0 Å². The summed E-state index contributed by atoms with van der Waals surface area (Å²) in [6.07, 6.45) is 4.02. The van der Waals surface area contributed by atoms with Crippen LogP contribution in [-0.2, 0) is 6.54 Å². The van der Waals surface area contributed by atoms with Crippen molar-refractivity contribution >= 4 is 11.3 Å². The number of aromatic amines is 1. The molecule has 2 heterocycles. The Labute approximate surface area is 105 Å². The minimum Gasteiger partial charge on any atom is -0.315 e. The minimum atomic E-state index is 0.0612. The lowest BCUT2D eigenvalue weighted by Crippen LogP contribution is -2.27. The van der Waals surface area contributed by atoms with Gasteiger partial charge in [0.05, 0.1) is 0 Å². The fourth-order valence-corrected chi connectivity index (χ4v) is 3.05. The van der Waals surface area contributed by atoms with Gasteiger partial charge in [0.25, 0.3) is 0 Å². The molecule has 4 nitrogen and oxygen atoms in total. The summed E-state index contributed by atoms with van der Waals surface area (Å²) in [7, 11) is 0. The fourth-order valence-electron chi connectivity index (χ4n) is 2.48. The van der Waals surface area contributed by atoms with Gasteiger partial charge in [-0.15, -0.1) is 0 Å². The van der Waals surface area contributed by atoms with Crippen LogP contribution in [-0.4, -0.2) is 35.6 Å². The Morgan fingerprint density at radius 3 is 3.06 bits per heavy atom. The van der Waals surface area contributed by atoms with Crippen molar-refractivity contribution < 1.29 is 0 Å². The maximum atomic E-state index is 11.0. The van der Waals surface area contributed by atoms with Crippen LogP contribution in [0.3, 0.4) is 0 Å². The standard InChI is InChI=1S/C12H19N3OS/c16-12-14-11(8-17-12)7-15-4-3-9(6-15)5-13-10-1-2-10/h8-10,13H,1-7H2,(H,14,16). The molecule has 1 aliphatic heterocycles. The summed E-state index contributed by atoms with van der Waals surface area (Å²) in [5, 5.41) is 5.55. The van der Waals surface area contributed by atoms with E-state index in [4.69, 9.17) is 0 Å². The second-order valence-electron chi connectivity index (χ2n) is 5.25. The molecule has 2 fully saturated rings. The molecule has 5 heteroatoms. The summed E-state index contributed by atoms with van der Waals surface area (Å²) in [4.78, 5) is 16.4. The number of nitrogens with one attached hydrogen (secondary N) is 2. The van der Waals surface area contributed by atoms with Gasteiger partial charge in [0.2, 0.25) is 0 Å². The molecule has 1 atom stereocenters. The molecule has 1 saturated heterocycles. The van der Waals surface area contributed by atoms with E-state index in [-0.39, 0.29) is 4.87 Å². The van der Waals surface area contributed by atoms with Gasteiger partial charge >= 0.3 is 4.87 Å². The normalized spacial score (nSPS) is 25.5. The quantitative estimate of drug-likeness (QED) is 0.823. The topological polar surface area (TPSA) is 48.1 Å². The Kier molecular flexibility index (Phi) is 3.31. The van der Waals surface area contributed by atoms with E-state index in [1.54, 1.807) is 0 Å². The van der Waals surface area contributed by atoms with Crippen LogP contribution in [0.4, 0.5) is 0 Å². The lowest BCUT2D eigenvalue weighted by molar-refractivity contribution is 0.311. The average Bonchev–Trinajstić information content (AvgIpc) is 2.90. The number of H-pyrrole nitrogens is 1. The van der Waals surface area contributed by atoms with Gasteiger partial charge in [-0.05, 0) is 38.3 Å². The summed E-state index contributed by atoms with van der Waals surface area (Å²) < 4.78 is 0. The minimum absolute atomic E-state index is 0.0612. The molecule has 3 rings (SSSR count). The number of thiazole rings is 1. The summed E-state index contributed by atoms with van der Waals surface area (Å²) in [6.45, 7) is 4.40. The molecule has 17 heavy (non-hydrogen) atoms. The zero-order chi connectivity index (χ0) is 11.7. The van der Waals surface area contributed by atoms with Crippen LogP contribution in [0.2, 0.25) is 0 Å². The average molecular weight is 253 g/mol. The van der Waals surface area contributed by atoms with Crippen molar-refractivity contribution in [3.8, 4) is 0 Å². The van der Waals surface area contributed by atoms with Gasteiger partial charge in [0, 0.05) is 30.2 Å². The van der Waals surface area contributed by atoms with E-state index < -0.39 is 0 Å². The van der Waals surface area contributed by atoms with Gasteiger partial charge in [0.1, 0.15) is 0 Å². The number of hydrogen-bond donors (Lipinski definition) is 2. The van der Waals surface area contributed by atoms with Crippen LogP contribution in [0, 0.1) is 5.92 Å². The summed E-state index contributed by atoms with van der Waals surface area (Å²) in [5.74, 6) is 0.793. The Morgan fingerprint density at radius 1 is 1.47 bits per heavy atom. The van der Waals surface area contributed by atoms with E-state index in [2.05, 4.69) is 15.2 Å². The molecule has 0 radical (unpaired) electrons. The summed E-state index contributed by atoms with van der Waals surface area (Å²) in [6, 6.07) is 0.817. The van der Waals surface area contributed by atoms with Crippen molar-refractivity contribution in [2.75, 3.05) is 19.6 Å². The first kappa shape index (κ1) is 11.4. The Morgan fingerprint density at radius 2 is 2.35 bits per heavy atom. The zero-order valence-corrected chi connectivity index (χ0v) is 10.8. The maximum Gasteiger partial charge on any atom is 0.304 e. The van der Waals surface area contributed by atoms with Crippen molar-refractivity contribution in [1.82, 2.24) is 15.2 Å². The van der Waals surface area contributed by atoms with E-state index in [9.17, 15) is 4.79 Å². The molecule has 1 aliphatic carbocycles. The van der Waals surface area contributed by atoms with Crippen molar-refractivity contribution in [3.05, 3.63) is 20.7 Å². The molecule has 1 aromatic heterocycles. The predicted octanol–water partition coefficient (Wildman–Crippen LogP) is 1.01. The van der Waals surface area contributed by atoms with E-state index in [0.29, 0.717) is 0 Å². The first-order chi connectivity index (χ1) is 8.29. The molecular formula is C12H19N3OS. The van der Waals surface area contributed by atoms with Crippen LogP contribution < -0.4 is 10.2 Å². The highest BCUT2D eigenvalue weighted by Gasteiger charge is 2.26. The number of aromatic nitrogens is 1. The molecule has 1 aromatic rings. The van der Waals surface area contributed by atoms with Crippen molar-refractivity contribution in [1.29, 1.82) is 0 Å². The Bertz CT molecular complexity index is 423. The van der Waals surface area contributed by atoms with Crippen LogP contribution >= 0.6 is 11.3 Å². The molecule has 0 spiro atoms. The molecule has 1 unspecified atom stereocenters. The lowest BCUT2D eigenvalue weighted by atomic mass is 10.1. The van der Waals surface area contributed by atoms with Crippen molar-refractivity contribution in [2.45, 2.75) is 31.8 Å². The molecule has 2 aliphatic rings. The number of rotatable bonds is 5. The Hall–Kier alpha value is -0.650. The highest BCUT2D eigenvalue weighted by atomic mass is 32.1. The summed E-state index contributed by atoms with van der Waals surface area (Å²) >= 11 is 1.26. The lowest BCUT2D eigenvalue weighted by Gasteiger charge is -2.15. The van der Waals surface area contributed by atoms with Gasteiger partial charge in [0.15, 0.2) is 0 Å². The third kappa shape index (κ3) is 3.18. The fraction of sp³-hybridized carbons (Fsp3) is 0.750. The highest BCUT2D eigenvalue weighted by Crippen LogP contribution is 2.22. The zero-order valence-electron chi connectivity index (χ0n) is 9.95. The molecule has 2 N–H and O–H groups in total. The van der Waals surface area contributed by atoms with E-state index >= 15 is 0 Å². The molecule has 94 valence electrons. The van der Waals surface area contributed by atoms with Crippen LogP contribution in [0.1, 0.15) is 25.0 Å². The third-order valence-electron chi connectivity index (χ3n) is 3.61. The van der Waals surface area contributed by atoms with Gasteiger partial charge in [-0.1, -0.05) is 11.3 Å². The SMILES string of the molecule is O=c1[nH]c(CN2CCC(CNC3CC3)C2)cs1. The molecule has 1 saturated carbocycles. The third-order valence-corrected chi connectivity index (χ3v) is 4.33. The van der Waals surface area contributed by atoms with Crippen molar-refractivity contribution in [3.63, 3.8) is 0 Å². The second-order valence-corrected chi connectivity index (χ2v) is 6.09. The van der Waals surface area contributed by atoms with E-state index in [1.165, 1.54) is 37.1 Å². The van der Waals surface area contributed by atoms with E-state index in [0.717, 1.165) is 37.3 Å². The first-order valence-corrected chi connectivity index (χ1v) is 7.30. The second kappa shape index (κ2) is 4.92. The largest absolute Gasteiger partial charge is 0.315 e. The molecular weight excluding hydrogens is 234 g/mol. The maximum absolute atomic E-state index is 11.0. The van der Waals surface area contributed by atoms with E-state index in [1.807, 2.05) is 5.38 Å². The molecule has 0 aromatic carbocycles. The van der Waals surface area contributed by atoms with Gasteiger partial charge in [-0.2, -0.15) is 0 Å². The first-order valence-electron chi connectivity index (χ1n) is 6.42. The highest BCUT2D eigenvalue weighted by molar-refractivity contribution is 7.07. The number of likely N-dealkylation sites (tertiary alicyclic amines) is 1. The smallest absolute Gasteiger partial charge is 0.304 e. The molecule has 0 amide bonds. The van der Waals surface area contributed by atoms with Crippen molar-refractivity contribution in [2.24, 2.45) is 5.92 Å². The van der Waals surface area contributed by atoms with Gasteiger partial charge in [-0.25, -0.2) is 0 Å². The monoisotopic (exact) mass is 253 g/mol. The van der Waals surface area contributed by atoms with Gasteiger partial charge in [-0.3, -0.25) is 9.69 Å². The number of nitrogens with zero attached hydrogens (tertiary/aromatic N) is 1. The summed E-state index contributed by atoms with van der Waals surface area (Å²) in [5.41, 5.74) is 1.07. The van der Waals surface area contributed by atoms with Crippen LogP contribution in [0.15, 0.2) is 10.2 Å². The molecule has 0 bridgehead atoms.